The second-order valence-electron chi connectivity index (χ2n) is 4.88. The van der Waals surface area contributed by atoms with Gasteiger partial charge in [-0.05, 0) is 61.4 Å². The molecule has 20 heavy (non-hydrogen) atoms. The van der Waals surface area contributed by atoms with Crippen LogP contribution in [0.4, 0.5) is 10.1 Å². The lowest BCUT2D eigenvalue weighted by atomic mass is 10.1. The lowest BCUT2D eigenvalue weighted by molar-refractivity contribution is 0.493. The summed E-state index contributed by atoms with van der Waals surface area (Å²) in [6, 6.07) is 11.3. The number of nitrogens with one attached hydrogen (secondary N) is 1. The average molecular weight is 293 g/mol. The van der Waals surface area contributed by atoms with E-state index in [0.29, 0.717) is 11.4 Å². The van der Waals surface area contributed by atoms with Gasteiger partial charge in [-0.3, -0.25) is 4.57 Å². The second kappa shape index (κ2) is 5.68. The van der Waals surface area contributed by atoms with Crippen molar-refractivity contribution in [2.24, 2.45) is 0 Å². The van der Waals surface area contributed by atoms with E-state index in [0.717, 1.165) is 11.1 Å². The molecule has 0 aliphatic heterocycles. The first kappa shape index (κ1) is 14.6. The molecule has 0 spiro atoms. The van der Waals surface area contributed by atoms with Crippen molar-refractivity contribution in [3.8, 4) is 5.75 Å². The summed E-state index contributed by atoms with van der Waals surface area (Å²) in [5, 5.41) is 2.80. The highest BCUT2D eigenvalue weighted by Gasteiger charge is 2.17. The summed E-state index contributed by atoms with van der Waals surface area (Å²) in [7, 11) is -3.06. The van der Waals surface area contributed by atoms with Crippen LogP contribution < -0.4 is 9.61 Å². The number of rotatable bonds is 4. The van der Waals surface area contributed by atoms with E-state index in [2.05, 4.69) is 5.09 Å². The maximum absolute atomic E-state index is 12.8. The monoisotopic (exact) mass is 293 g/mol. The van der Waals surface area contributed by atoms with Crippen LogP contribution >= 0.6 is 7.52 Å². The Hall–Kier alpha value is -1.80. The molecule has 0 heterocycles. The summed E-state index contributed by atoms with van der Waals surface area (Å²) in [6.45, 7) is 5.40. The number of hydrogen-bond acceptors (Lipinski definition) is 2. The van der Waals surface area contributed by atoms with Crippen LogP contribution in [0.15, 0.2) is 42.5 Å². The van der Waals surface area contributed by atoms with Crippen LogP contribution in [0, 0.1) is 19.7 Å². The Morgan fingerprint density at radius 1 is 1.05 bits per heavy atom. The number of aryl methyl sites for hydroxylation is 2. The molecule has 0 aliphatic rings. The molecule has 106 valence electrons. The smallest absolute Gasteiger partial charge is 0.338 e. The highest BCUT2D eigenvalue weighted by Crippen LogP contribution is 2.43. The summed E-state index contributed by atoms with van der Waals surface area (Å²) >= 11 is 0. The first-order chi connectivity index (χ1) is 9.34. The third-order valence-electron chi connectivity index (χ3n) is 2.65. The predicted octanol–water partition coefficient (Wildman–Crippen LogP) is 4.76. The van der Waals surface area contributed by atoms with Crippen molar-refractivity contribution in [2.75, 3.05) is 11.8 Å². The van der Waals surface area contributed by atoms with E-state index in [1.807, 2.05) is 32.0 Å². The van der Waals surface area contributed by atoms with Gasteiger partial charge < -0.3 is 9.61 Å². The van der Waals surface area contributed by atoms with E-state index in [-0.39, 0.29) is 5.82 Å². The zero-order valence-electron chi connectivity index (χ0n) is 11.7. The number of halogens is 1. The van der Waals surface area contributed by atoms with Gasteiger partial charge in [0, 0.05) is 12.4 Å². The Kier molecular flexibility index (Phi) is 4.15. The Morgan fingerprint density at radius 3 is 2.15 bits per heavy atom. The molecule has 0 aromatic heterocycles. The standard InChI is InChI=1S/C15H17FNO2P/c1-11-8-12(2)10-15(9-11)19-20(3,18)17-14-6-4-13(16)5-7-14/h4-10H,1-3H3,(H,17,18)/t20-/m0/s1. The molecule has 2 aromatic carbocycles. The number of hydrogen-bond donors (Lipinski definition) is 1. The fourth-order valence-corrected chi connectivity index (χ4v) is 3.14. The maximum atomic E-state index is 12.8. The predicted molar refractivity (Wildman–Crippen MR) is 80.1 cm³/mol. The molecule has 0 amide bonds. The highest BCUT2D eigenvalue weighted by atomic mass is 31.2. The summed E-state index contributed by atoms with van der Waals surface area (Å²) in [6.07, 6.45) is 0. The summed E-state index contributed by atoms with van der Waals surface area (Å²) in [5.74, 6) is 0.222. The van der Waals surface area contributed by atoms with E-state index in [9.17, 15) is 8.96 Å². The Morgan fingerprint density at radius 2 is 1.60 bits per heavy atom. The third-order valence-corrected chi connectivity index (χ3v) is 3.87. The van der Waals surface area contributed by atoms with Crippen LogP contribution in [0.2, 0.25) is 0 Å². The van der Waals surface area contributed by atoms with Crippen molar-refractivity contribution >= 4 is 13.2 Å². The van der Waals surface area contributed by atoms with E-state index in [1.54, 1.807) is 0 Å². The molecule has 1 N–H and O–H groups in total. The highest BCUT2D eigenvalue weighted by molar-refractivity contribution is 7.60. The molecule has 5 heteroatoms. The van der Waals surface area contributed by atoms with E-state index in [1.165, 1.54) is 30.9 Å². The van der Waals surface area contributed by atoms with Crippen molar-refractivity contribution in [3.05, 3.63) is 59.4 Å². The molecule has 2 aromatic rings. The number of benzene rings is 2. The van der Waals surface area contributed by atoms with Gasteiger partial charge in [0.1, 0.15) is 11.6 Å². The van der Waals surface area contributed by atoms with Crippen LogP contribution in [-0.2, 0) is 4.57 Å². The van der Waals surface area contributed by atoms with Gasteiger partial charge in [0.2, 0.25) is 0 Å². The van der Waals surface area contributed by atoms with Gasteiger partial charge in [-0.15, -0.1) is 0 Å². The quantitative estimate of drug-likeness (QED) is 0.826. The molecule has 0 saturated heterocycles. The molecular formula is C15H17FNO2P. The Balaban J connectivity index is 2.14. The van der Waals surface area contributed by atoms with Crippen LogP contribution in [0.3, 0.4) is 0 Å². The van der Waals surface area contributed by atoms with Gasteiger partial charge in [-0.1, -0.05) is 6.07 Å². The molecule has 0 radical (unpaired) electrons. The van der Waals surface area contributed by atoms with Crippen LogP contribution in [0.25, 0.3) is 0 Å². The minimum Gasteiger partial charge on any atom is -0.429 e. The van der Waals surface area contributed by atoms with Crippen molar-refractivity contribution < 1.29 is 13.5 Å². The zero-order valence-corrected chi connectivity index (χ0v) is 12.6. The average Bonchev–Trinajstić information content (AvgIpc) is 2.29. The summed E-state index contributed by atoms with van der Waals surface area (Å²) in [4.78, 5) is 0. The first-order valence-corrected chi connectivity index (χ1v) is 8.30. The zero-order chi connectivity index (χ0) is 14.8. The van der Waals surface area contributed by atoms with Crippen molar-refractivity contribution in [1.29, 1.82) is 0 Å². The van der Waals surface area contributed by atoms with Gasteiger partial charge in [-0.2, -0.15) is 0 Å². The largest absolute Gasteiger partial charge is 0.429 e. The van der Waals surface area contributed by atoms with Crippen LogP contribution in [-0.4, -0.2) is 6.66 Å². The number of anilines is 1. The molecule has 2 rings (SSSR count). The van der Waals surface area contributed by atoms with Gasteiger partial charge >= 0.3 is 7.52 Å². The molecular weight excluding hydrogens is 276 g/mol. The van der Waals surface area contributed by atoms with Gasteiger partial charge in [0.05, 0.1) is 0 Å². The summed E-state index contributed by atoms with van der Waals surface area (Å²) in [5.41, 5.74) is 2.64. The molecule has 0 bridgehead atoms. The summed E-state index contributed by atoms with van der Waals surface area (Å²) < 4.78 is 30.8. The van der Waals surface area contributed by atoms with E-state index >= 15 is 0 Å². The molecule has 0 unspecified atom stereocenters. The van der Waals surface area contributed by atoms with Gasteiger partial charge in [0.25, 0.3) is 0 Å². The van der Waals surface area contributed by atoms with Gasteiger partial charge in [0.15, 0.2) is 0 Å². The lowest BCUT2D eigenvalue weighted by Gasteiger charge is -2.18. The Labute approximate surface area is 118 Å². The van der Waals surface area contributed by atoms with Gasteiger partial charge in [-0.25, -0.2) is 4.39 Å². The Bertz CT molecular complexity index is 635. The molecule has 1 atom stereocenters. The van der Waals surface area contributed by atoms with Crippen molar-refractivity contribution in [1.82, 2.24) is 0 Å². The van der Waals surface area contributed by atoms with Crippen LogP contribution in [0.1, 0.15) is 11.1 Å². The molecule has 0 saturated carbocycles. The molecule has 0 fully saturated rings. The lowest BCUT2D eigenvalue weighted by Crippen LogP contribution is -2.02. The van der Waals surface area contributed by atoms with Crippen LogP contribution in [0.5, 0.6) is 5.75 Å². The third kappa shape index (κ3) is 4.10. The SMILES string of the molecule is Cc1cc(C)cc(O[P@](C)(=O)Nc2ccc(F)cc2)c1. The van der Waals surface area contributed by atoms with Crippen molar-refractivity contribution in [2.45, 2.75) is 13.8 Å². The van der Waals surface area contributed by atoms with Crippen molar-refractivity contribution in [3.63, 3.8) is 0 Å². The fourth-order valence-electron chi connectivity index (χ4n) is 1.97. The minimum absolute atomic E-state index is 0.336. The minimum atomic E-state index is -3.06. The molecule has 3 nitrogen and oxygen atoms in total. The maximum Gasteiger partial charge on any atom is 0.338 e. The second-order valence-corrected chi connectivity index (χ2v) is 6.98. The van der Waals surface area contributed by atoms with E-state index in [4.69, 9.17) is 4.52 Å². The normalized spacial score (nSPS) is 13.6. The topological polar surface area (TPSA) is 38.3 Å². The first-order valence-electron chi connectivity index (χ1n) is 6.23. The fraction of sp³-hybridized carbons (Fsp3) is 0.200. The molecule has 0 aliphatic carbocycles. The van der Waals surface area contributed by atoms with E-state index < -0.39 is 7.52 Å².